The van der Waals surface area contributed by atoms with Crippen LogP contribution in [0.2, 0.25) is 0 Å². The first-order chi connectivity index (χ1) is 9.29. The minimum atomic E-state index is 0.387. The Kier molecular flexibility index (Phi) is 5.67. The van der Waals surface area contributed by atoms with E-state index in [4.69, 9.17) is 9.47 Å². The number of nitrogens with one attached hydrogen (secondary N) is 1. The molecule has 3 nitrogen and oxygen atoms in total. The van der Waals surface area contributed by atoms with Crippen molar-refractivity contribution in [1.29, 1.82) is 0 Å². The third-order valence-electron chi connectivity index (χ3n) is 3.72. The Labute approximate surface area is 116 Å². The molecule has 2 unspecified atom stereocenters. The highest BCUT2D eigenvalue weighted by Gasteiger charge is 2.15. The van der Waals surface area contributed by atoms with Crippen LogP contribution in [0.1, 0.15) is 38.3 Å². The fraction of sp³-hybridized carbons (Fsp3) is 0.625. The van der Waals surface area contributed by atoms with E-state index in [2.05, 4.69) is 24.4 Å². The summed E-state index contributed by atoms with van der Waals surface area (Å²) in [7, 11) is 0. The predicted molar refractivity (Wildman–Crippen MR) is 77.6 cm³/mol. The van der Waals surface area contributed by atoms with E-state index in [1.807, 2.05) is 19.1 Å². The van der Waals surface area contributed by atoms with Gasteiger partial charge in [0.1, 0.15) is 5.75 Å². The Morgan fingerprint density at radius 3 is 2.79 bits per heavy atom. The van der Waals surface area contributed by atoms with Crippen molar-refractivity contribution < 1.29 is 9.47 Å². The van der Waals surface area contributed by atoms with Crippen molar-refractivity contribution in [3.63, 3.8) is 0 Å². The van der Waals surface area contributed by atoms with Crippen molar-refractivity contribution in [1.82, 2.24) is 5.32 Å². The first-order valence-electron chi connectivity index (χ1n) is 7.33. The van der Waals surface area contributed by atoms with Crippen molar-refractivity contribution in [2.24, 2.45) is 5.92 Å². The lowest BCUT2D eigenvalue weighted by molar-refractivity contribution is 0.184. The fourth-order valence-corrected chi connectivity index (χ4v) is 2.45. The predicted octanol–water partition coefficient (Wildman–Crippen LogP) is 3.16. The summed E-state index contributed by atoms with van der Waals surface area (Å²) in [6, 6.07) is 8.75. The molecule has 1 aliphatic rings. The molecule has 0 aromatic heterocycles. The van der Waals surface area contributed by atoms with E-state index in [0.717, 1.165) is 38.0 Å². The molecule has 0 bridgehead atoms. The van der Waals surface area contributed by atoms with Gasteiger partial charge in [-0.05, 0) is 56.8 Å². The molecule has 1 heterocycles. The molecule has 1 aromatic carbocycles. The van der Waals surface area contributed by atoms with Gasteiger partial charge in [-0.25, -0.2) is 0 Å². The normalized spacial score (nSPS) is 20.4. The van der Waals surface area contributed by atoms with E-state index in [0.29, 0.717) is 6.04 Å². The van der Waals surface area contributed by atoms with Crippen LogP contribution in [-0.2, 0) is 4.74 Å². The first kappa shape index (κ1) is 14.4. The summed E-state index contributed by atoms with van der Waals surface area (Å²) in [4.78, 5) is 0. The van der Waals surface area contributed by atoms with Crippen molar-refractivity contribution in [3.8, 4) is 5.75 Å². The quantitative estimate of drug-likeness (QED) is 0.819. The van der Waals surface area contributed by atoms with Gasteiger partial charge in [0.05, 0.1) is 6.61 Å². The second-order valence-corrected chi connectivity index (χ2v) is 5.20. The summed E-state index contributed by atoms with van der Waals surface area (Å²) in [5.74, 6) is 1.70. The molecule has 19 heavy (non-hydrogen) atoms. The Balaban J connectivity index is 1.73. The number of hydrogen-bond donors (Lipinski definition) is 1. The third kappa shape index (κ3) is 4.51. The Morgan fingerprint density at radius 2 is 2.16 bits per heavy atom. The van der Waals surface area contributed by atoms with Gasteiger partial charge in [0.2, 0.25) is 0 Å². The van der Waals surface area contributed by atoms with Gasteiger partial charge in [-0.2, -0.15) is 0 Å². The summed E-state index contributed by atoms with van der Waals surface area (Å²) in [6.45, 7) is 7.88. The lowest BCUT2D eigenvalue weighted by Crippen LogP contribution is -2.22. The Morgan fingerprint density at radius 1 is 1.37 bits per heavy atom. The van der Waals surface area contributed by atoms with E-state index in [-0.39, 0.29) is 0 Å². The first-order valence-corrected chi connectivity index (χ1v) is 7.33. The Hall–Kier alpha value is -1.06. The average Bonchev–Trinajstić information content (AvgIpc) is 2.93. The highest BCUT2D eigenvalue weighted by molar-refractivity contribution is 5.28. The maximum absolute atomic E-state index is 5.45. The smallest absolute Gasteiger partial charge is 0.119 e. The zero-order chi connectivity index (χ0) is 13.5. The molecular weight excluding hydrogens is 238 g/mol. The largest absolute Gasteiger partial charge is 0.494 e. The number of hydrogen-bond acceptors (Lipinski definition) is 3. The Bertz CT molecular complexity index is 358. The molecule has 1 fully saturated rings. The third-order valence-corrected chi connectivity index (χ3v) is 3.72. The van der Waals surface area contributed by atoms with Crippen molar-refractivity contribution >= 4 is 0 Å². The molecular formula is C16H25NO2. The van der Waals surface area contributed by atoms with Gasteiger partial charge < -0.3 is 14.8 Å². The molecule has 106 valence electrons. The number of rotatable bonds is 7. The van der Waals surface area contributed by atoms with Gasteiger partial charge >= 0.3 is 0 Å². The van der Waals surface area contributed by atoms with E-state index in [9.17, 15) is 0 Å². The standard InChI is InChI=1S/C16H25NO2/c1-3-19-16-6-4-15(5-7-16)13(2)17-10-8-14-9-11-18-12-14/h4-7,13-14,17H,3,8-12H2,1-2H3. The SMILES string of the molecule is CCOc1ccc(C(C)NCCC2CCOC2)cc1. The molecule has 2 rings (SSSR count). The summed E-state index contributed by atoms with van der Waals surface area (Å²) in [6.07, 6.45) is 2.43. The summed E-state index contributed by atoms with van der Waals surface area (Å²) in [5, 5.41) is 3.58. The second kappa shape index (κ2) is 7.51. The molecule has 1 N–H and O–H groups in total. The van der Waals surface area contributed by atoms with E-state index in [1.54, 1.807) is 0 Å². The van der Waals surface area contributed by atoms with Crippen LogP contribution in [0, 0.1) is 5.92 Å². The van der Waals surface area contributed by atoms with Gasteiger partial charge in [-0.15, -0.1) is 0 Å². The maximum Gasteiger partial charge on any atom is 0.119 e. The molecule has 1 aliphatic heterocycles. The molecule has 0 spiro atoms. The average molecular weight is 263 g/mol. The number of ether oxygens (including phenoxy) is 2. The van der Waals surface area contributed by atoms with Gasteiger partial charge in [-0.1, -0.05) is 12.1 Å². The van der Waals surface area contributed by atoms with Crippen molar-refractivity contribution in [3.05, 3.63) is 29.8 Å². The topological polar surface area (TPSA) is 30.5 Å². The van der Waals surface area contributed by atoms with Gasteiger partial charge in [0, 0.05) is 19.3 Å². The zero-order valence-corrected chi connectivity index (χ0v) is 12.0. The van der Waals surface area contributed by atoms with Crippen LogP contribution in [0.15, 0.2) is 24.3 Å². The van der Waals surface area contributed by atoms with Crippen LogP contribution in [0.25, 0.3) is 0 Å². The second-order valence-electron chi connectivity index (χ2n) is 5.20. The minimum Gasteiger partial charge on any atom is -0.494 e. The van der Waals surface area contributed by atoms with Crippen LogP contribution in [0.4, 0.5) is 0 Å². The van der Waals surface area contributed by atoms with Crippen LogP contribution in [0.5, 0.6) is 5.75 Å². The summed E-state index contributed by atoms with van der Waals surface area (Å²) in [5.41, 5.74) is 1.31. The number of benzene rings is 1. The lowest BCUT2D eigenvalue weighted by Gasteiger charge is -2.16. The van der Waals surface area contributed by atoms with E-state index >= 15 is 0 Å². The van der Waals surface area contributed by atoms with Gasteiger partial charge in [0.15, 0.2) is 0 Å². The monoisotopic (exact) mass is 263 g/mol. The van der Waals surface area contributed by atoms with E-state index in [1.165, 1.54) is 18.4 Å². The van der Waals surface area contributed by atoms with Crippen LogP contribution >= 0.6 is 0 Å². The van der Waals surface area contributed by atoms with Gasteiger partial charge in [-0.3, -0.25) is 0 Å². The summed E-state index contributed by atoms with van der Waals surface area (Å²) < 4.78 is 10.8. The molecule has 1 aromatic rings. The van der Waals surface area contributed by atoms with Crippen LogP contribution in [0.3, 0.4) is 0 Å². The summed E-state index contributed by atoms with van der Waals surface area (Å²) >= 11 is 0. The molecule has 0 radical (unpaired) electrons. The van der Waals surface area contributed by atoms with E-state index < -0.39 is 0 Å². The highest BCUT2D eigenvalue weighted by Crippen LogP contribution is 2.19. The maximum atomic E-state index is 5.45. The molecule has 0 saturated carbocycles. The molecule has 2 atom stereocenters. The van der Waals surface area contributed by atoms with Crippen LogP contribution in [-0.4, -0.2) is 26.4 Å². The fourth-order valence-electron chi connectivity index (χ4n) is 2.45. The zero-order valence-electron chi connectivity index (χ0n) is 12.0. The molecule has 3 heteroatoms. The molecule has 0 aliphatic carbocycles. The van der Waals surface area contributed by atoms with Gasteiger partial charge in [0.25, 0.3) is 0 Å². The highest BCUT2D eigenvalue weighted by atomic mass is 16.5. The van der Waals surface area contributed by atoms with Crippen molar-refractivity contribution in [2.75, 3.05) is 26.4 Å². The lowest BCUT2D eigenvalue weighted by atomic mass is 10.0. The molecule has 1 saturated heterocycles. The van der Waals surface area contributed by atoms with Crippen molar-refractivity contribution in [2.45, 2.75) is 32.7 Å². The molecule has 0 amide bonds. The minimum absolute atomic E-state index is 0.387. The van der Waals surface area contributed by atoms with Crippen LogP contribution < -0.4 is 10.1 Å².